The maximum atomic E-state index is 8.87. The first-order valence-corrected chi connectivity index (χ1v) is 7.88. The number of nitrogens with one attached hydrogen (secondary N) is 1. The zero-order valence-corrected chi connectivity index (χ0v) is 12.2. The largest absolute Gasteiger partial charge is 0.379 e. The molecule has 0 saturated heterocycles. The summed E-state index contributed by atoms with van der Waals surface area (Å²) in [5.41, 5.74) is 3.79. The Morgan fingerprint density at radius 1 is 1.25 bits per heavy atom. The van der Waals surface area contributed by atoms with Crippen LogP contribution in [0.1, 0.15) is 11.3 Å². The van der Waals surface area contributed by atoms with E-state index in [9.17, 15) is 0 Å². The van der Waals surface area contributed by atoms with E-state index in [1.807, 2.05) is 18.2 Å². The van der Waals surface area contributed by atoms with Gasteiger partial charge in [0.2, 0.25) is 0 Å². The average molecular weight is 297 g/mol. The van der Waals surface area contributed by atoms with Gasteiger partial charge in [-0.05, 0) is 29.6 Å². The fourth-order valence-electron chi connectivity index (χ4n) is 1.80. The van der Waals surface area contributed by atoms with Gasteiger partial charge in [0.25, 0.3) is 0 Å². The van der Waals surface area contributed by atoms with E-state index in [0.29, 0.717) is 12.1 Å². The highest BCUT2D eigenvalue weighted by Gasteiger charge is 2.05. The van der Waals surface area contributed by atoms with Crippen molar-refractivity contribution in [3.05, 3.63) is 57.7 Å². The van der Waals surface area contributed by atoms with Gasteiger partial charge in [0, 0.05) is 22.0 Å². The first-order chi connectivity index (χ1) is 9.85. The Hall–Kier alpha value is -2.16. The second-order valence-corrected chi connectivity index (χ2v) is 5.84. The maximum absolute atomic E-state index is 8.87. The third-order valence-corrected chi connectivity index (χ3v) is 4.41. The van der Waals surface area contributed by atoms with Gasteiger partial charge in [0.05, 0.1) is 23.9 Å². The van der Waals surface area contributed by atoms with E-state index in [-0.39, 0.29) is 0 Å². The molecule has 0 bridgehead atoms. The van der Waals surface area contributed by atoms with E-state index in [1.165, 1.54) is 5.56 Å². The van der Waals surface area contributed by atoms with Crippen LogP contribution in [0.15, 0.2) is 46.5 Å². The fourth-order valence-corrected chi connectivity index (χ4v) is 3.33. The molecule has 3 nitrogen and oxygen atoms in total. The summed E-state index contributed by atoms with van der Waals surface area (Å²) in [5, 5.41) is 19.4. The molecule has 1 N–H and O–H groups in total. The molecule has 0 aliphatic rings. The van der Waals surface area contributed by atoms with Gasteiger partial charge in [-0.25, -0.2) is 4.98 Å². The second-order valence-electron chi connectivity index (χ2n) is 4.20. The predicted octanol–water partition coefficient (Wildman–Crippen LogP) is 4.36. The van der Waals surface area contributed by atoms with E-state index in [0.717, 1.165) is 16.4 Å². The normalized spacial score (nSPS) is 10.2. The molecule has 0 saturated carbocycles. The number of nitrogens with zero attached hydrogens (tertiary/aromatic N) is 2. The van der Waals surface area contributed by atoms with Gasteiger partial charge in [-0.2, -0.15) is 16.6 Å². The lowest BCUT2D eigenvalue weighted by Gasteiger charge is -2.04. The topological polar surface area (TPSA) is 48.7 Å². The number of thiazole rings is 1. The summed E-state index contributed by atoms with van der Waals surface area (Å²) in [4.78, 5) is 4.61. The van der Waals surface area contributed by atoms with Gasteiger partial charge in [0.15, 0.2) is 0 Å². The molecule has 0 radical (unpaired) electrons. The van der Waals surface area contributed by atoms with Crippen molar-refractivity contribution in [1.29, 1.82) is 5.26 Å². The van der Waals surface area contributed by atoms with E-state index in [1.54, 1.807) is 28.7 Å². The Balaban J connectivity index is 1.68. The Morgan fingerprint density at radius 3 is 3.00 bits per heavy atom. The van der Waals surface area contributed by atoms with Gasteiger partial charge >= 0.3 is 0 Å². The van der Waals surface area contributed by atoms with Crippen molar-refractivity contribution in [1.82, 2.24) is 4.98 Å². The van der Waals surface area contributed by atoms with E-state index < -0.39 is 0 Å². The van der Waals surface area contributed by atoms with Gasteiger partial charge in [0.1, 0.15) is 5.01 Å². The number of rotatable bonds is 4. The van der Waals surface area contributed by atoms with Gasteiger partial charge in [-0.1, -0.05) is 6.07 Å². The molecule has 0 fully saturated rings. The molecule has 3 rings (SSSR count). The lowest BCUT2D eigenvalue weighted by atomic mass is 10.2. The molecule has 5 heteroatoms. The zero-order chi connectivity index (χ0) is 13.8. The highest BCUT2D eigenvalue weighted by atomic mass is 32.1. The molecular weight excluding hydrogens is 286 g/mol. The van der Waals surface area contributed by atoms with Crippen molar-refractivity contribution in [2.45, 2.75) is 6.54 Å². The number of hydrogen-bond acceptors (Lipinski definition) is 5. The highest BCUT2D eigenvalue weighted by molar-refractivity contribution is 7.14. The first kappa shape index (κ1) is 12.9. The molecular formula is C15H11N3S2. The standard InChI is InChI=1S/C15H11N3S2/c16-7-11-2-1-3-13(6-11)17-8-14-10-20-15(18-14)12-4-5-19-9-12/h1-6,9-10,17H,8H2. The predicted molar refractivity (Wildman–Crippen MR) is 83.9 cm³/mol. The summed E-state index contributed by atoms with van der Waals surface area (Å²) in [6.07, 6.45) is 0. The molecule has 0 unspecified atom stereocenters. The Morgan fingerprint density at radius 2 is 2.20 bits per heavy atom. The van der Waals surface area contributed by atoms with Crippen LogP contribution in [-0.2, 0) is 6.54 Å². The van der Waals surface area contributed by atoms with Gasteiger partial charge < -0.3 is 5.32 Å². The van der Waals surface area contributed by atoms with E-state index >= 15 is 0 Å². The minimum absolute atomic E-state index is 0.659. The molecule has 2 aromatic heterocycles. The van der Waals surface area contributed by atoms with Crippen LogP contribution in [-0.4, -0.2) is 4.98 Å². The molecule has 0 atom stereocenters. The number of anilines is 1. The zero-order valence-electron chi connectivity index (χ0n) is 10.5. The number of benzene rings is 1. The van der Waals surface area contributed by atoms with Crippen LogP contribution in [0, 0.1) is 11.3 Å². The monoisotopic (exact) mass is 297 g/mol. The van der Waals surface area contributed by atoms with Crippen LogP contribution < -0.4 is 5.32 Å². The minimum Gasteiger partial charge on any atom is -0.379 e. The number of nitriles is 1. The third kappa shape index (κ3) is 2.87. The van der Waals surface area contributed by atoms with E-state index in [4.69, 9.17) is 5.26 Å². The second kappa shape index (κ2) is 5.87. The quantitative estimate of drug-likeness (QED) is 0.778. The van der Waals surface area contributed by atoms with Crippen molar-refractivity contribution in [2.75, 3.05) is 5.32 Å². The molecule has 20 heavy (non-hydrogen) atoms. The van der Waals surface area contributed by atoms with Crippen LogP contribution in [0.25, 0.3) is 10.6 Å². The van der Waals surface area contributed by atoms with Crippen LogP contribution in [0.3, 0.4) is 0 Å². The minimum atomic E-state index is 0.659. The molecule has 3 aromatic rings. The van der Waals surface area contributed by atoms with E-state index in [2.05, 4.69) is 38.6 Å². The van der Waals surface area contributed by atoms with Crippen molar-refractivity contribution in [3.8, 4) is 16.6 Å². The molecule has 2 heterocycles. The number of aromatic nitrogens is 1. The van der Waals surface area contributed by atoms with Crippen molar-refractivity contribution >= 4 is 28.4 Å². The maximum Gasteiger partial charge on any atom is 0.124 e. The Bertz CT molecular complexity index is 739. The number of hydrogen-bond donors (Lipinski definition) is 1. The molecule has 0 aliphatic carbocycles. The van der Waals surface area contributed by atoms with Gasteiger partial charge in [-0.3, -0.25) is 0 Å². The molecule has 1 aromatic carbocycles. The smallest absolute Gasteiger partial charge is 0.124 e. The Kier molecular flexibility index (Phi) is 3.77. The lowest BCUT2D eigenvalue weighted by Crippen LogP contribution is -1.99. The summed E-state index contributed by atoms with van der Waals surface area (Å²) < 4.78 is 0. The van der Waals surface area contributed by atoms with Crippen molar-refractivity contribution < 1.29 is 0 Å². The summed E-state index contributed by atoms with van der Waals surface area (Å²) in [7, 11) is 0. The lowest BCUT2D eigenvalue weighted by molar-refractivity contribution is 1.08. The first-order valence-electron chi connectivity index (χ1n) is 6.06. The molecule has 0 spiro atoms. The summed E-state index contributed by atoms with van der Waals surface area (Å²) in [5.74, 6) is 0. The molecule has 98 valence electrons. The van der Waals surface area contributed by atoms with Crippen LogP contribution in [0.4, 0.5) is 5.69 Å². The van der Waals surface area contributed by atoms with Crippen LogP contribution in [0.2, 0.25) is 0 Å². The molecule has 0 amide bonds. The van der Waals surface area contributed by atoms with Crippen molar-refractivity contribution in [3.63, 3.8) is 0 Å². The number of thiophene rings is 1. The Labute approximate surface area is 125 Å². The SMILES string of the molecule is N#Cc1cccc(NCc2csc(-c3ccsc3)n2)c1. The highest BCUT2D eigenvalue weighted by Crippen LogP contribution is 2.26. The van der Waals surface area contributed by atoms with Crippen LogP contribution >= 0.6 is 22.7 Å². The summed E-state index contributed by atoms with van der Waals surface area (Å²) in [6.45, 7) is 0.662. The third-order valence-electron chi connectivity index (χ3n) is 2.79. The van der Waals surface area contributed by atoms with Crippen LogP contribution in [0.5, 0.6) is 0 Å². The molecule has 0 aliphatic heterocycles. The van der Waals surface area contributed by atoms with Gasteiger partial charge in [-0.15, -0.1) is 11.3 Å². The fraction of sp³-hybridized carbons (Fsp3) is 0.0667. The average Bonchev–Trinajstić information content (AvgIpc) is 3.16. The summed E-state index contributed by atoms with van der Waals surface area (Å²) in [6, 6.07) is 11.7. The summed E-state index contributed by atoms with van der Waals surface area (Å²) >= 11 is 3.33. The van der Waals surface area contributed by atoms with Crippen molar-refractivity contribution in [2.24, 2.45) is 0 Å².